The Labute approximate surface area is 95.1 Å². The van der Waals surface area contributed by atoms with E-state index in [1.165, 1.54) is 18.2 Å². The highest BCUT2D eigenvalue weighted by Crippen LogP contribution is 2.23. The Kier molecular flexibility index (Phi) is 5.76. The summed E-state index contributed by atoms with van der Waals surface area (Å²) < 4.78 is 26.5. The number of halogens is 3. The van der Waals surface area contributed by atoms with Gasteiger partial charge in [-0.15, -0.1) is 12.4 Å². The molecule has 1 aromatic carbocycles. The summed E-state index contributed by atoms with van der Waals surface area (Å²) in [4.78, 5) is 0. The van der Waals surface area contributed by atoms with Crippen LogP contribution >= 0.6 is 12.4 Å². The zero-order valence-corrected chi connectivity index (χ0v) is 9.65. The quantitative estimate of drug-likeness (QED) is 0.854. The van der Waals surface area contributed by atoms with Crippen LogP contribution in [-0.2, 0) is 0 Å². The minimum Gasteiger partial charge on any atom is -0.324 e. The predicted octanol–water partition coefficient (Wildman–Crippen LogP) is 3.43. The van der Waals surface area contributed by atoms with E-state index < -0.39 is 17.7 Å². The molecule has 0 unspecified atom stereocenters. The normalized spacial score (nSPS) is 12.4. The van der Waals surface area contributed by atoms with E-state index in [-0.39, 0.29) is 18.0 Å². The van der Waals surface area contributed by atoms with E-state index in [2.05, 4.69) is 0 Å². The van der Waals surface area contributed by atoms with Gasteiger partial charge in [-0.2, -0.15) is 0 Å². The van der Waals surface area contributed by atoms with E-state index in [0.29, 0.717) is 12.3 Å². The first kappa shape index (κ1) is 14.3. The third-order valence-electron chi connectivity index (χ3n) is 2.10. The fourth-order valence-electron chi connectivity index (χ4n) is 1.49. The van der Waals surface area contributed by atoms with Crippen molar-refractivity contribution in [1.29, 1.82) is 0 Å². The molecule has 0 aliphatic rings. The van der Waals surface area contributed by atoms with Gasteiger partial charge in [-0.25, -0.2) is 8.78 Å². The summed E-state index contributed by atoms with van der Waals surface area (Å²) >= 11 is 0. The van der Waals surface area contributed by atoms with Crippen LogP contribution in [0.25, 0.3) is 0 Å². The van der Waals surface area contributed by atoms with E-state index in [4.69, 9.17) is 5.73 Å². The van der Waals surface area contributed by atoms with Gasteiger partial charge in [0.25, 0.3) is 0 Å². The maximum atomic E-state index is 13.2. The standard InChI is InChI=1S/C11H15F2N.ClH/c1-7(2)6-10(14)11-8(12)4-3-5-9(11)13;/h3-5,7,10H,6,14H2,1-2H3;1H/t10-;/m1./s1. The van der Waals surface area contributed by atoms with Crippen LogP contribution < -0.4 is 5.73 Å². The first-order valence-electron chi connectivity index (χ1n) is 4.72. The second kappa shape index (κ2) is 6.03. The molecule has 1 atom stereocenters. The molecular weight excluding hydrogens is 220 g/mol. The molecular formula is C11H16ClF2N. The van der Waals surface area contributed by atoms with E-state index >= 15 is 0 Å². The second-order valence-corrected chi connectivity index (χ2v) is 3.87. The van der Waals surface area contributed by atoms with Crippen molar-refractivity contribution >= 4 is 12.4 Å². The highest BCUT2D eigenvalue weighted by atomic mass is 35.5. The molecule has 0 amide bonds. The number of hydrogen-bond acceptors (Lipinski definition) is 1. The lowest BCUT2D eigenvalue weighted by Crippen LogP contribution is -2.16. The van der Waals surface area contributed by atoms with Crippen LogP contribution in [0, 0.1) is 17.6 Å². The molecule has 0 radical (unpaired) electrons. The van der Waals surface area contributed by atoms with Gasteiger partial charge in [0.2, 0.25) is 0 Å². The van der Waals surface area contributed by atoms with Gasteiger partial charge in [-0.1, -0.05) is 19.9 Å². The third-order valence-corrected chi connectivity index (χ3v) is 2.10. The molecule has 1 nitrogen and oxygen atoms in total. The van der Waals surface area contributed by atoms with Gasteiger partial charge in [-0.3, -0.25) is 0 Å². The first-order valence-corrected chi connectivity index (χ1v) is 4.72. The fraction of sp³-hybridized carbons (Fsp3) is 0.455. The van der Waals surface area contributed by atoms with E-state index in [0.717, 1.165) is 0 Å². The predicted molar refractivity (Wildman–Crippen MR) is 60.0 cm³/mol. The summed E-state index contributed by atoms with van der Waals surface area (Å²) in [5, 5.41) is 0. The van der Waals surface area contributed by atoms with Gasteiger partial charge in [-0.05, 0) is 24.5 Å². The summed E-state index contributed by atoms with van der Waals surface area (Å²) in [6, 6.07) is 3.25. The van der Waals surface area contributed by atoms with Crippen LogP contribution in [0.5, 0.6) is 0 Å². The van der Waals surface area contributed by atoms with Gasteiger partial charge in [0, 0.05) is 11.6 Å². The molecule has 0 aliphatic carbocycles. The largest absolute Gasteiger partial charge is 0.324 e. The monoisotopic (exact) mass is 235 g/mol. The van der Waals surface area contributed by atoms with Crippen LogP contribution in [0.4, 0.5) is 8.78 Å². The average Bonchev–Trinajstić information content (AvgIpc) is 2.01. The van der Waals surface area contributed by atoms with E-state index in [1.54, 1.807) is 0 Å². The second-order valence-electron chi connectivity index (χ2n) is 3.87. The van der Waals surface area contributed by atoms with Gasteiger partial charge in [0.05, 0.1) is 0 Å². The topological polar surface area (TPSA) is 26.0 Å². The molecule has 2 N–H and O–H groups in total. The highest BCUT2D eigenvalue weighted by molar-refractivity contribution is 5.85. The number of nitrogens with two attached hydrogens (primary N) is 1. The van der Waals surface area contributed by atoms with E-state index in [1.807, 2.05) is 13.8 Å². The van der Waals surface area contributed by atoms with Gasteiger partial charge >= 0.3 is 0 Å². The smallest absolute Gasteiger partial charge is 0.130 e. The van der Waals surface area contributed by atoms with Crippen molar-refractivity contribution in [3.05, 3.63) is 35.4 Å². The van der Waals surface area contributed by atoms with Crippen molar-refractivity contribution in [1.82, 2.24) is 0 Å². The molecule has 1 aromatic rings. The van der Waals surface area contributed by atoms with Gasteiger partial charge in [0.15, 0.2) is 0 Å². The summed E-state index contributed by atoms with van der Waals surface area (Å²) in [6.07, 6.45) is 0.581. The molecule has 0 aliphatic heterocycles. The molecule has 0 saturated carbocycles. The summed E-state index contributed by atoms with van der Waals surface area (Å²) in [5.74, 6) is -0.791. The van der Waals surface area contributed by atoms with Crippen molar-refractivity contribution < 1.29 is 8.78 Å². The molecule has 0 fully saturated rings. The lowest BCUT2D eigenvalue weighted by molar-refractivity contribution is 0.463. The Balaban J connectivity index is 0.00000196. The zero-order valence-electron chi connectivity index (χ0n) is 8.84. The average molecular weight is 236 g/mol. The van der Waals surface area contributed by atoms with Gasteiger partial charge in [0.1, 0.15) is 11.6 Å². The van der Waals surface area contributed by atoms with Crippen molar-refractivity contribution in [3.8, 4) is 0 Å². The number of benzene rings is 1. The van der Waals surface area contributed by atoms with Gasteiger partial charge < -0.3 is 5.73 Å². The highest BCUT2D eigenvalue weighted by Gasteiger charge is 2.16. The molecule has 0 spiro atoms. The molecule has 0 saturated heterocycles. The van der Waals surface area contributed by atoms with Crippen LogP contribution in [-0.4, -0.2) is 0 Å². The maximum Gasteiger partial charge on any atom is 0.130 e. The van der Waals surface area contributed by atoms with Crippen molar-refractivity contribution in [2.75, 3.05) is 0 Å². The molecule has 15 heavy (non-hydrogen) atoms. The lowest BCUT2D eigenvalue weighted by Gasteiger charge is -2.15. The zero-order chi connectivity index (χ0) is 10.7. The van der Waals surface area contributed by atoms with Crippen molar-refractivity contribution in [2.24, 2.45) is 11.7 Å². The third kappa shape index (κ3) is 3.76. The minimum atomic E-state index is -0.559. The first-order chi connectivity index (χ1) is 6.52. The van der Waals surface area contributed by atoms with Crippen LogP contribution in [0.2, 0.25) is 0 Å². The van der Waals surface area contributed by atoms with Crippen LogP contribution in [0.3, 0.4) is 0 Å². The maximum absolute atomic E-state index is 13.2. The SMILES string of the molecule is CC(C)C[C@@H](N)c1c(F)cccc1F.Cl. The number of rotatable bonds is 3. The summed E-state index contributed by atoms with van der Waals surface area (Å²) in [6.45, 7) is 3.94. The Morgan fingerprint density at radius 1 is 1.20 bits per heavy atom. The van der Waals surface area contributed by atoms with Crippen LogP contribution in [0.15, 0.2) is 18.2 Å². The van der Waals surface area contributed by atoms with Crippen molar-refractivity contribution in [2.45, 2.75) is 26.3 Å². The lowest BCUT2D eigenvalue weighted by atomic mass is 9.97. The molecule has 1 rings (SSSR count). The fourth-order valence-corrected chi connectivity index (χ4v) is 1.49. The Bertz CT molecular complexity index is 295. The Morgan fingerprint density at radius 2 is 1.67 bits per heavy atom. The Hall–Kier alpha value is -0.670. The molecule has 0 bridgehead atoms. The molecule has 86 valence electrons. The molecule has 4 heteroatoms. The minimum absolute atomic E-state index is 0. The Morgan fingerprint density at radius 3 is 2.07 bits per heavy atom. The van der Waals surface area contributed by atoms with E-state index in [9.17, 15) is 8.78 Å². The van der Waals surface area contributed by atoms with Crippen LogP contribution in [0.1, 0.15) is 31.9 Å². The summed E-state index contributed by atoms with van der Waals surface area (Å²) in [7, 11) is 0. The molecule has 0 aromatic heterocycles. The summed E-state index contributed by atoms with van der Waals surface area (Å²) in [5.41, 5.74) is 5.72. The van der Waals surface area contributed by atoms with Crippen molar-refractivity contribution in [3.63, 3.8) is 0 Å². The molecule has 0 heterocycles. The number of hydrogen-bond donors (Lipinski definition) is 1.